The number of anilines is 2. The SMILES string of the molecule is O=C(Nc1ccc(-c2ccc(NC(=O)N3CC3)cc2)cc1)N1CC1. The van der Waals surface area contributed by atoms with Gasteiger partial charge in [-0.3, -0.25) is 0 Å². The van der Waals surface area contributed by atoms with Crippen LogP contribution in [-0.4, -0.2) is 48.0 Å². The van der Waals surface area contributed by atoms with Crippen LogP contribution in [-0.2, 0) is 0 Å². The van der Waals surface area contributed by atoms with E-state index in [1.807, 2.05) is 48.5 Å². The van der Waals surface area contributed by atoms with Gasteiger partial charge in [0.2, 0.25) is 0 Å². The third-order valence-corrected chi connectivity index (χ3v) is 4.07. The molecule has 2 N–H and O–H groups in total. The number of benzene rings is 2. The van der Waals surface area contributed by atoms with Gasteiger partial charge in [-0.05, 0) is 35.4 Å². The molecule has 24 heavy (non-hydrogen) atoms. The first-order valence-corrected chi connectivity index (χ1v) is 8.01. The average molecular weight is 322 g/mol. The quantitative estimate of drug-likeness (QED) is 0.853. The highest BCUT2D eigenvalue weighted by molar-refractivity contribution is 5.92. The van der Waals surface area contributed by atoms with Crippen molar-refractivity contribution in [1.82, 2.24) is 9.80 Å². The standard InChI is InChI=1S/C18H18N4O2/c23-17(21-9-10-21)19-15-5-1-13(2-6-15)14-3-7-16(8-4-14)20-18(24)22-11-12-22/h1-8H,9-12H2,(H,19,23)(H,20,24). The zero-order chi connectivity index (χ0) is 16.5. The highest BCUT2D eigenvalue weighted by atomic mass is 16.2. The molecule has 2 saturated heterocycles. The molecule has 0 saturated carbocycles. The fourth-order valence-corrected chi connectivity index (χ4v) is 2.40. The molecule has 0 bridgehead atoms. The molecular weight excluding hydrogens is 304 g/mol. The van der Waals surface area contributed by atoms with Crippen LogP contribution in [0.5, 0.6) is 0 Å². The molecule has 0 radical (unpaired) electrons. The summed E-state index contributed by atoms with van der Waals surface area (Å²) in [7, 11) is 0. The molecule has 2 aromatic carbocycles. The number of hydrogen-bond acceptors (Lipinski definition) is 2. The molecule has 2 aliphatic heterocycles. The van der Waals surface area contributed by atoms with E-state index in [0.717, 1.165) is 48.7 Å². The second-order valence-corrected chi connectivity index (χ2v) is 5.99. The summed E-state index contributed by atoms with van der Waals surface area (Å²) < 4.78 is 0. The summed E-state index contributed by atoms with van der Waals surface area (Å²) in [6.45, 7) is 3.35. The molecular formula is C18H18N4O2. The van der Waals surface area contributed by atoms with Crippen LogP contribution in [0.15, 0.2) is 48.5 Å². The molecule has 2 aromatic rings. The number of nitrogens with one attached hydrogen (secondary N) is 2. The molecule has 122 valence electrons. The fourth-order valence-electron chi connectivity index (χ4n) is 2.40. The highest BCUT2D eigenvalue weighted by Crippen LogP contribution is 2.24. The Morgan fingerprint density at radius 1 is 0.625 bits per heavy atom. The Hall–Kier alpha value is -3.02. The van der Waals surface area contributed by atoms with Gasteiger partial charge in [0.05, 0.1) is 0 Å². The maximum atomic E-state index is 11.7. The van der Waals surface area contributed by atoms with Crippen molar-refractivity contribution in [2.75, 3.05) is 36.8 Å². The summed E-state index contributed by atoms with van der Waals surface area (Å²) in [6.07, 6.45) is 0. The van der Waals surface area contributed by atoms with Crippen LogP contribution in [0, 0.1) is 0 Å². The van der Waals surface area contributed by atoms with Crippen molar-refractivity contribution in [2.45, 2.75) is 0 Å². The zero-order valence-corrected chi connectivity index (χ0v) is 13.2. The van der Waals surface area contributed by atoms with Crippen LogP contribution in [0.1, 0.15) is 0 Å². The van der Waals surface area contributed by atoms with Crippen molar-refractivity contribution in [1.29, 1.82) is 0 Å². The maximum absolute atomic E-state index is 11.7. The molecule has 2 heterocycles. The molecule has 0 aromatic heterocycles. The Labute approximate surface area is 140 Å². The number of urea groups is 2. The first-order valence-electron chi connectivity index (χ1n) is 8.01. The average Bonchev–Trinajstić information content (AvgIpc) is 3.49. The Kier molecular flexibility index (Phi) is 3.57. The topological polar surface area (TPSA) is 64.2 Å². The van der Waals surface area contributed by atoms with E-state index in [-0.39, 0.29) is 12.1 Å². The minimum Gasteiger partial charge on any atom is -0.321 e. The predicted octanol–water partition coefficient (Wildman–Crippen LogP) is 3.05. The van der Waals surface area contributed by atoms with Gasteiger partial charge in [0, 0.05) is 37.6 Å². The third kappa shape index (κ3) is 3.32. The molecule has 4 rings (SSSR count). The van der Waals surface area contributed by atoms with Gasteiger partial charge in [-0.2, -0.15) is 0 Å². The Bertz CT molecular complexity index is 695. The lowest BCUT2D eigenvalue weighted by atomic mass is 10.1. The van der Waals surface area contributed by atoms with Crippen molar-refractivity contribution < 1.29 is 9.59 Å². The van der Waals surface area contributed by atoms with Crippen molar-refractivity contribution in [2.24, 2.45) is 0 Å². The first-order chi connectivity index (χ1) is 11.7. The minimum atomic E-state index is -0.0470. The Balaban J connectivity index is 1.41. The van der Waals surface area contributed by atoms with Crippen molar-refractivity contribution in [3.63, 3.8) is 0 Å². The van der Waals surface area contributed by atoms with Gasteiger partial charge < -0.3 is 20.4 Å². The lowest BCUT2D eigenvalue weighted by Gasteiger charge is -2.09. The molecule has 6 heteroatoms. The van der Waals surface area contributed by atoms with Gasteiger partial charge in [0.15, 0.2) is 0 Å². The summed E-state index contributed by atoms with van der Waals surface area (Å²) in [5, 5.41) is 5.73. The summed E-state index contributed by atoms with van der Waals surface area (Å²) in [6, 6.07) is 15.4. The molecule has 2 aliphatic rings. The molecule has 6 nitrogen and oxygen atoms in total. The number of carbonyl (C=O) groups excluding carboxylic acids is 2. The van der Waals surface area contributed by atoms with Gasteiger partial charge in [-0.15, -0.1) is 0 Å². The van der Waals surface area contributed by atoms with Gasteiger partial charge >= 0.3 is 12.1 Å². The molecule has 0 atom stereocenters. The zero-order valence-electron chi connectivity index (χ0n) is 13.2. The van der Waals surface area contributed by atoms with Gasteiger partial charge in [-0.25, -0.2) is 9.59 Å². The van der Waals surface area contributed by atoms with E-state index in [1.165, 1.54) is 0 Å². The van der Waals surface area contributed by atoms with Gasteiger partial charge in [0.1, 0.15) is 0 Å². The Morgan fingerprint density at radius 2 is 0.958 bits per heavy atom. The second-order valence-electron chi connectivity index (χ2n) is 5.99. The number of nitrogens with zero attached hydrogens (tertiary/aromatic N) is 2. The molecule has 4 amide bonds. The van der Waals surface area contributed by atoms with E-state index in [0.29, 0.717) is 0 Å². The fraction of sp³-hybridized carbons (Fsp3) is 0.222. The van der Waals surface area contributed by atoms with E-state index in [4.69, 9.17) is 0 Å². The minimum absolute atomic E-state index is 0.0470. The second kappa shape index (κ2) is 5.88. The molecule has 0 aliphatic carbocycles. The van der Waals surface area contributed by atoms with Gasteiger partial charge in [-0.1, -0.05) is 24.3 Å². The summed E-state index contributed by atoms with van der Waals surface area (Å²) in [5.41, 5.74) is 3.70. The predicted molar refractivity (Wildman–Crippen MR) is 93.1 cm³/mol. The molecule has 2 fully saturated rings. The largest absolute Gasteiger partial charge is 0.321 e. The molecule has 0 unspecified atom stereocenters. The van der Waals surface area contributed by atoms with Crippen molar-refractivity contribution >= 4 is 23.4 Å². The van der Waals surface area contributed by atoms with E-state index in [2.05, 4.69) is 10.6 Å². The van der Waals surface area contributed by atoms with Gasteiger partial charge in [0.25, 0.3) is 0 Å². The van der Waals surface area contributed by atoms with Crippen LogP contribution >= 0.6 is 0 Å². The van der Waals surface area contributed by atoms with Crippen LogP contribution in [0.4, 0.5) is 21.0 Å². The monoisotopic (exact) mass is 322 g/mol. The summed E-state index contributed by atoms with van der Waals surface area (Å²) >= 11 is 0. The summed E-state index contributed by atoms with van der Waals surface area (Å²) in [4.78, 5) is 26.8. The number of hydrogen-bond donors (Lipinski definition) is 2. The number of rotatable bonds is 3. The van der Waals surface area contributed by atoms with E-state index < -0.39 is 0 Å². The normalized spacial score (nSPS) is 15.0. The van der Waals surface area contributed by atoms with E-state index >= 15 is 0 Å². The lowest BCUT2D eigenvalue weighted by Crippen LogP contribution is -2.18. The molecule has 0 spiro atoms. The Morgan fingerprint density at radius 3 is 1.25 bits per heavy atom. The van der Waals surface area contributed by atoms with Crippen LogP contribution in [0.25, 0.3) is 11.1 Å². The van der Waals surface area contributed by atoms with E-state index in [1.54, 1.807) is 9.80 Å². The van der Waals surface area contributed by atoms with Crippen LogP contribution in [0.2, 0.25) is 0 Å². The highest BCUT2D eigenvalue weighted by Gasteiger charge is 2.24. The van der Waals surface area contributed by atoms with Crippen molar-refractivity contribution in [3.05, 3.63) is 48.5 Å². The van der Waals surface area contributed by atoms with Crippen LogP contribution < -0.4 is 10.6 Å². The number of amides is 4. The number of carbonyl (C=O) groups is 2. The van der Waals surface area contributed by atoms with E-state index in [9.17, 15) is 9.59 Å². The first kappa shape index (κ1) is 14.6. The maximum Gasteiger partial charge on any atom is 0.321 e. The smallest absolute Gasteiger partial charge is 0.321 e. The third-order valence-electron chi connectivity index (χ3n) is 4.07. The van der Waals surface area contributed by atoms with Crippen LogP contribution in [0.3, 0.4) is 0 Å². The lowest BCUT2D eigenvalue weighted by molar-refractivity contribution is 0.241. The van der Waals surface area contributed by atoms with Crippen molar-refractivity contribution in [3.8, 4) is 11.1 Å². The summed E-state index contributed by atoms with van der Waals surface area (Å²) in [5.74, 6) is 0.